The molecule has 244 valence electrons. The number of nitrogens with one attached hydrogen (secondary N) is 1. The first-order chi connectivity index (χ1) is 19.5. The molecule has 0 saturated carbocycles. The van der Waals surface area contributed by atoms with Crippen LogP contribution >= 0.6 is 0 Å². The van der Waals surface area contributed by atoms with Crippen molar-refractivity contribution in [3.05, 3.63) is 0 Å². The maximum Gasteiger partial charge on any atom is 0.408 e. The molecule has 1 fully saturated rings. The van der Waals surface area contributed by atoms with E-state index >= 15 is 0 Å². The summed E-state index contributed by atoms with van der Waals surface area (Å²) in [6.45, 7) is 17.4. The van der Waals surface area contributed by atoms with E-state index in [1.165, 1.54) is 0 Å². The molecule has 0 aromatic rings. The third-order valence-electron chi connectivity index (χ3n) is 8.11. The smallest absolute Gasteiger partial charge is 0.408 e. The minimum atomic E-state index is -0.820. The van der Waals surface area contributed by atoms with Crippen molar-refractivity contribution >= 4 is 23.9 Å². The van der Waals surface area contributed by atoms with Crippen molar-refractivity contribution in [2.45, 2.75) is 124 Å². The number of methoxy groups -OCH3 is 2. The van der Waals surface area contributed by atoms with E-state index in [9.17, 15) is 19.2 Å². The van der Waals surface area contributed by atoms with Gasteiger partial charge in [0.15, 0.2) is 0 Å². The summed E-state index contributed by atoms with van der Waals surface area (Å²) < 4.78 is 22.3. The van der Waals surface area contributed by atoms with E-state index in [1.807, 2.05) is 27.7 Å². The summed E-state index contributed by atoms with van der Waals surface area (Å²) >= 11 is 0. The van der Waals surface area contributed by atoms with Crippen LogP contribution in [0.25, 0.3) is 0 Å². The van der Waals surface area contributed by atoms with E-state index in [-0.39, 0.29) is 48.7 Å². The van der Waals surface area contributed by atoms with Gasteiger partial charge >= 0.3 is 12.1 Å². The molecule has 1 aliphatic heterocycles. The van der Waals surface area contributed by atoms with Crippen LogP contribution in [0.15, 0.2) is 0 Å². The van der Waals surface area contributed by atoms with Gasteiger partial charge in [0, 0.05) is 27.8 Å². The second-order valence-electron chi connectivity index (χ2n) is 12.7. The normalized spacial score (nSPS) is 19.8. The maximum absolute atomic E-state index is 13.8. The van der Waals surface area contributed by atoms with Crippen LogP contribution in [-0.4, -0.2) is 104 Å². The fourth-order valence-electron chi connectivity index (χ4n) is 5.73. The molecule has 1 rings (SSSR count). The van der Waals surface area contributed by atoms with Gasteiger partial charge in [-0.1, -0.05) is 34.1 Å². The van der Waals surface area contributed by atoms with Crippen molar-refractivity contribution in [2.75, 3.05) is 34.4 Å². The van der Waals surface area contributed by atoms with Gasteiger partial charge in [-0.25, -0.2) is 4.79 Å². The van der Waals surface area contributed by atoms with Gasteiger partial charge < -0.3 is 34.1 Å². The Hall–Kier alpha value is -2.40. The van der Waals surface area contributed by atoms with Crippen LogP contribution in [-0.2, 0) is 33.3 Å². The van der Waals surface area contributed by atoms with E-state index in [0.29, 0.717) is 13.0 Å². The monoisotopic (exact) mass is 599 g/mol. The van der Waals surface area contributed by atoms with Crippen molar-refractivity contribution in [3.63, 3.8) is 0 Å². The molecule has 1 aliphatic rings. The first-order valence-electron chi connectivity index (χ1n) is 15.3. The number of alkyl carbamates (subject to hydrolysis) is 1. The summed E-state index contributed by atoms with van der Waals surface area (Å²) in [7, 11) is 4.80. The molecule has 0 aromatic heterocycles. The van der Waals surface area contributed by atoms with Crippen molar-refractivity contribution in [1.29, 1.82) is 0 Å². The van der Waals surface area contributed by atoms with Crippen molar-refractivity contribution in [2.24, 2.45) is 17.8 Å². The molecule has 0 radical (unpaired) electrons. The SMILES string of the molecule is CCOC(=O)C(C)C(OC)C1CCCN1C(=O)CC(OC)C(C(C)CC)N(C)C(=O)C(NC(=O)OC(C)(C)C)C(C)C. The fourth-order valence-corrected chi connectivity index (χ4v) is 5.73. The molecule has 11 heteroatoms. The molecule has 0 aliphatic carbocycles. The zero-order valence-electron chi connectivity index (χ0n) is 28.0. The Morgan fingerprint density at radius 2 is 1.64 bits per heavy atom. The molecule has 3 amide bonds. The summed E-state index contributed by atoms with van der Waals surface area (Å²) in [6, 6.07) is -1.53. The highest BCUT2D eigenvalue weighted by atomic mass is 16.6. The van der Waals surface area contributed by atoms with Gasteiger partial charge in [-0.05, 0) is 59.3 Å². The fraction of sp³-hybridized carbons (Fsp3) is 0.871. The van der Waals surface area contributed by atoms with Gasteiger partial charge in [0.05, 0.1) is 43.2 Å². The van der Waals surface area contributed by atoms with Crippen molar-refractivity contribution in [1.82, 2.24) is 15.1 Å². The lowest BCUT2D eigenvalue weighted by Gasteiger charge is -2.40. The number of rotatable bonds is 15. The number of hydrogen-bond acceptors (Lipinski definition) is 8. The zero-order valence-corrected chi connectivity index (χ0v) is 28.0. The Balaban J connectivity index is 3.20. The minimum Gasteiger partial charge on any atom is -0.466 e. The number of nitrogens with zero attached hydrogens (tertiary/aromatic N) is 2. The van der Waals surface area contributed by atoms with Gasteiger partial charge in [0.2, 0.25) is 11.8 Å². The average Bonchev–Trinajstić information content (AvgIpc) is 3.39. The number of likely N-dealkylation sites (tertiary alicyclic amines) is 1. The molecule has 0 spiro atoms. The summed E-state index contributed by atoms with van der Waals surface area (Å²) in [5, 5.41) is 2.74. The van der Waals surface area contributed by atoms with E-state index in [2.05, 4.69) is 5.32 Å². The number of carbonyl (C=O) groups excluding carboxylic acids is 4. The molecule has 7 unspecified atom stereocenters. The summed E-state index contributed by atoms with van der Waals surface area (Å²) in [6.07, 6.45) is 0.546. The van der Waals surface area contributed by atoms with Crippen LogP contribution in [0, 0.1) is 17.8 Å². The van der Waals surface area contributed by atoms with Crippen molar-refractivity contribution < 1.29 is 38.1 Å². The van der Waals surface area contributed by atoms with Gasteiger partial charge in [-0.3, -0.25) is 14.4 Å². The molecular weight excluding hydrogens is 542 g/mol. The highest BCUT2D eigenvalue weighted by molar-refractivity contribution is 5.86. The molecule has 1 saturated heterocycles. The van der Waals surface area contributed by atoms with E-state index in [0.717, 1.165) is 12.8 Å². The lowest BCUT2D eigenvalue weighted by Crippen LogP contribution is -2.58. The second-order valence-corrected chi connectivity index (χ2v) is 12.7. The molecular formula is C31H57N3O8. The third kappa shape index (κ3) is 10.4. The largest absolute Gasteiger partial charge is 0.466 e. The highest BCUT2D eigenvalue weighted by Gasteiger charge is 2.43. The van der Waals surface area contributed by atoms with Crippen LogP contribution in [0.5, 0.6) is 0 Å². The Bertz CT molecular complexity index is 890. The Morgan fingerprint density at radius 3 is 2.12 bits per heavy atom. The summed E-state index contributed by atoms with van der Waals surface area (Å²) in [5.41, 5.74) is -0.704. The van der Waals surface area contributed by atoms with Crippen LogP contribution in [0.4, 0.5) is 4.79 Å². The first kappa shape index (κ1) is 37.6. The lowest BCUT2D eigenvalue weighted by molar-refractivity contribution is -0.156. The molecule has 11 nitrogen and oxygen atoms in total. The van der Waals surface area contributed by atoms with Gasteiger partial charge in [-0.15, -0.1) is 0 Å². The number of likely N-dealkylation sites (N-methyl/N-ethyl adjacent to an activating group) is 1. The Labute approximate surface area is 253 Å². The maximum atomic E-state index is 13.8. The average molecular weight is 600 g/mol. The Morgan fingerprint density at radius 1 is 1.02 bits per heavy atom. The number of carbonyl (C=O) groups is 4. The number of hydrogen-bond donors (Lipinski definition) is 1. The topological polar surface area (TPSA) is 124 Å². The van der Waals surface area contributed by atoms with E-state index in [4.69, 9.17) is 18.9 Å². The predicted molar refractivity (Wildman–Crippen MR) is 161 cm³/mol. The van der Waals surface area contributed by atoms with E-state index in [1.54, 1.807) is 65.7 Å². The van der Waals surface area contributed by atoms with Crippen LogP contribution in [0.2, 0.25) is 0 Å². The number of amides is 3. The molecule has 7 atom stereocenters. The lowest BCUT2D eigenvalue weighted by atomic mass is 9.89. The summed E-state index contributed by atoms with van der Waals surface area (Å²) in [4.78, 5) is 56.1. The van der Waals surface area contributed by atoms with Crippen LogP contribution in [0.1, 0.15) is 88.0 Å². The van der Waals surface area contributed by atoms with Gasteiger partial charge in [0.25, 0.3) is 0 Å². The standard InChI is InChI=1S/C31H57N3O8/c1-13-20(5)26(33(10)28(36)25(19(3)4)32-30(38)42-31(7,8)9)23(39-11)18-24(35)34-17-15-16-22(34)27(40-12)21(6)29(37)41-14-2/h19-23,25-27H,13-18H2,1-12H3,(H,32,38). The molecule has 0 aromatic carbocycles. The molecule has 42 heavy (non-hydrogen) atoms. The predicted octanol–water partition coefficient (Wildman–Crippen LogP) is 4.02. The van der Waals surface area contributed by atoms with E-state index < -0.39 is 41.9 Å². The highest BCUT2D eigenvalue weighted by Crippen LogP contribution is 2.30. The van der Waals surface area contributed by atoms with Gasteiger partial charge in [-0.2, -0.15) is 0 Å². The van der Waals surface area contributed by atoms with Crippen molar-refractivity contribution in [3.8, 4) is 0 Å². The van der Waals surface area contributed by atoms with Crippen LogP contribution in [0.3, 0.4) is 0 Å². The third-order valence-corrected chi connectivity index (χ3v) is 8.11. The summed E-state index contributed by atoms with van der Waals surface area (Å²) in [5.74, 6) is -1.49. The second kappa shape index (κ2) is 17.0. The number of esters is 1. The van der Waals surface area contributed by atoms with Crippen LogP contribution < -0.4 is 5.32 Å². The Kier molecular flexibility index (Phi) is 15.3. The quantitative estimate of drug-likeness (QED) is 0.280. The minimum absolute atomic E-state index is 0.00373. The zero-order chi connectivity index (χ0) is 32.4. The molecule has 0 bridgehead atoms. The molecule has 1 heterocycles. The van der Waals surface area contributed by atoms with Gasteiger partial charge in [0.1, 0.15) is 11.6 Å². The number of ether oxygens (including phenoxy) is 4. The first-order valence-corrected chi connectivity index (χ1v) is 15.3. The molecule has 1 N–H and O–H groups in total.